The number of amides is 1. The molecule has 0 aliphatic rings. The van der Waals surface area contributed by atoms with E-state index in [9.17, 15) is 9.59 Å². The van der Waals surface area contributed by atoms with E-state index in [1.54, 1.807) is 12.1 Å². The van der Waals surface area contributed by atoms with E-state index in [-0.39, 0.29) is 5.91 Å². The zero-order chi connectivity index (χ0) is 10.6. The Hall–Kier alpha value is -1.36. The third-order valence-electron chi connectivity index (χ3n) is 1.57. The number of carbonyl (C=O) groups is 2. The minimum atomic E-state index is -0.822. The first-order valence-corrected chi connectivity index (χ1v) is 4.95. The lowest BCUT2D eigenvalue weighted by Gasteiger charge is -2.13. The molecule has 14 heavy (non-hydrogen) atoms. The predicted octanol–water partition coefficient (Wildman–Crippen LogP) is 1.10. The normalized spacial score (nSPS) is 11.9. The summed E-state index contributed by atoms with van der Waals surface area (Å²) in [5, 5.41) is 4.28. The van der Waals surface area contributed by atoms with Gasteiger partial charge in [-0.3, -0.25) is 9.59 Å². The fraction of sp³-hybridized carbons (Fsp3) is 0.333. The summed E-state index contributed by atoms with van der Waals surface area (Å²) in [5.74, 6) is -0.783. The smallest absolute Gasteiger partial charge is 0.303 e. The average molecular weight is 213 g/mol. The van der Waals surface area contributed by atoms with Gasteiger partial charge in [0.05, 0.1) is 4.88 Å². The standard InChI is InChI=1S/C9H11NO3S/c1-6(11)13-8(9(12)10-2)7-4-3-5-14-7/h3-5,8H,1-2H3,(H,10,12). The lowest BCUT2D eigenvalue weighted by molar-refractivity contribution is -0.154. The number of hydrogen-bond donors (Lipinski definition) is 1. The SMILES string of the molecule is CNC(=O)C(OC(C)=O)c1cccs1. The van der Waals surface area contributed by atoms with E-state index in [0.29, 0.717) is 0 Å². The third kappa shape index (κ3) is 2.56. The molecule has 1 aromatic heterocycles. The first-order valence-electron chi connectivity index (χ1n) is 4.07. The molecular weight excluding hydrogens is 202 g/mol. The van der Waals surface area contributed by atoms with Crippen LogP contribution in [0.5, 0.6) is 0 Å². The molecule has 76 valence electrons. The summed E-state index contributed by atoms with van der Waals surface area (Å²) in [7, 11) is 1.51. The van der Waals surface area contributed by atoms with Crippen molar-refractivity contribution in [3.05, 3.63) is 22.4 Å². The lowest BCUT2D eigenvalue weighted by atomic mass is 10.3. The maximum atomic E-state index is 11.4. The van der Waals surface area contributed by atoms with E-state index in [4.69, 9.17) is 4.74 Å². The lowest BCUT2D eigenvalue weighted by Crippen LogP contribution is -2.28. The molecule has 4 nitrogen and oxygen atoms in total. The second-order valence-electron chi connectivity index (χ2n) is 2.62. The van der Waals surface area contributed by atoms with Gasteiger partial charge < -0.3 is 10.1 Å². The molecule has 5 heteroatoms. The Morgan fingerprint density at radius 3 is 2.71 bits per heavy atom. The van der Waals surface area contributed by atoms with Gasteiger partial charge in [0.2, 0.25) is 6.10 Å². The van der Waals surface area contributed by atoms with Crippen LogP contribution in [-0.2, 0) is 14.3 Å². The van der Waals surface area contributed by atoms with Crippen LogP contribution >= 0.6 is 11.3 Å². The summed E-state index contributed by atoms with van der Waals surface area (Å²) in [5.41, 5.74) is 0. The molecule has 1 amide bonds. The van der Waals surface area contributed by atoms with Crippen molar-refractivity contribution >= 4 is 23.2 Å². The Morgan fingerprint density at radius 1 is 1.57 bits per heavy atom. The molecular formula is C9H11NO3S. The van der Waals surface area contributed by atoms with E-state index in [1.165, 1.54) is 25.3 Å². The molecule has 0 aliphatic heterocycles. The van der Waals surface area contributed by atoms with Gasteiger partial charge in [0.15, 0.2) is 0 Å². The first-order chi connectivity index (χ1) is 6.65. The van der Waals surface area contributed by atoms with Gasteiger partial charge >= 0.3 is 5.97 Å². The Labute approximate surface area is 85.9 Å². The highest BCUT2D eigenvalue weighted by Crippen LogP contribution is 2.22. The van der Waals surface area contributed by atoms with Crippen molar-refractivity contribution in [3.63, 3.8) is 0 Å². The van der Waals surface area contributed by atoms with E-state index >= 15 is 0 Å². The predicted molar refractivity (Wildman–Crippen MR) is 52.9 cm³/mol. The van der Waals surface area contributed by atoms with Crippen LogP contribution in [0, 0.1) is 0 Å². The second-order valence-corrected chi connectivity index (χ2v) is 3.60. The number of thiophene rings is 1. The van der Waals surface area contributed by atoms with Crippen LogP contribution < -0.4 is 5.32 Å². The summed E-state index contributed by atoms with van der Waals surface area (Å²) in [6.45, 7) is 1.28. The van der Waals surface area contributed by atoms with Gasteiger partial charge in [-0.05, 0) is 11.4 Å². The molecule has 0 spiro atoms. The van der Waals surface area contributed by atoms with Crippen LogP contribution in [0.1, 0.15) is 17.9 Å². The number of rotatable bonds is 3. The van der Waals surface area contributed by atoms with Crippen LogP contribution in [0.25, 0.3) is 0 Å². The molecule has 0 radical (unpaired) electrons. The molecule has 0 aliphatic carbocycles. The van der Waals surface area contributed by atoms with Gasteiger partial charge in [-0.1, -0.05) is 6.07 Å². The second kappa shape index (κ2) is 4.76. The largest absolute Gasteiger partial charge is 0.447 e. The van der Waals surface area contributed by atoms with Crippen LogP contribution in [0.2, 0.25) is 0 Å². The Bertz CT molecular complexity index is 321. The number of likely N-dealkylation sites (N-methyl/N-ethyl adjacent to an activating group) is 1. The van der Waals surface area contributed by atoms with Crippen molar-refractivity contribution in [2.45, 2.75) is 13.0 Å². The van der Waals surface area contributed by atoms with E-state index in [0.717, 1.165) is 4.88 Å². The number of nitrogens with one attached hydrogen (secondary N) is 1. The van der Waals surface area contributed by atoms with E-state index < -0.39 is 12.1 Å². The average Bonchev–Trinajstić information content (AvgIpc) is 2.65. The molecule has 0 saturated carbocycles. The van der Waals surface area contributed by atoms with Crippen LogP contribution in [0.3, 0.4) is 0 Å². The van der Waals surface area contributed by atoms with Crippen LogP contribution in [0.4, 0.5) is 0 Å². The van der Waals surface area contributed by atoms with Crippen molar-refractivity contribution in [3.8, 4) is 0 Å². The summed E-state index contributed by atoms with van der Waals surface area (Å²) in [4.78, 5) is 22.9. The molecule has 1 unspecified atom stereocenters. The van der Waals surface area contributed by atoms with Crippen molar-refractivity contribution in [2.75, 3.05) is 7.05 Å². The van der Waals surface area contributed by atoms with Crippen molar-refractivity contribution < 1.29 is 14.3 Å². The summed E-state index contributed by atoms with van der Waals surface area (Å²) >= 11 is 1.38. The maximum Gasteiger partial charge on any atom is 0.303 e. The molecule has 1 rings (SSSR count). The van der Waals surface area contributed by atoms with Gasteiger partial charge in [0.25, 0.3) is 5.91 Å². The van der Waals surface area contributed by atoms with Gasteiger partial charge in [-0.25, -0.2) is 0 Å². The van der Waals surface area contributed by atoms with E-state index in [1.807, 2.05) is 5.38 Å². The molecule has 0 saturated heterocycles. The molecule has 0 fully saturated rings. The highest BCUT2D eigenvalue weighted by Gasteiger charge is 2.23. The Balaban J connectivity index is 2.82. The summed E-state index contributed by atoms with van der Waals surface area (Å²) < 4.78 is 4.91. The van der Waals surface area contributed by atoms with Gasteiger partial charge in [-0.2, -0.15) is 0 Å². The monoisotopic (exact) mass is 213 g/mol. The molecule has 1 heterocycles. The van der Waals surface area contributed by atoms with Gasteiger partial charge in [0.1, 0.15) is 0 Å². The zero-order valence-electron chi connectivity index (χ0n) is 7.94. The number of ether oxygens (including phenoxy) is 1. The van der Waals surface area contributed by atoms with Crippen molar-refractivity contribution in [1.82, 2.24) is 5.32 Å². The fourth-order valence-corrected chi connectivity index (χ4v) is 1.73. The minimum Gasteiger partial charge on any atom is -0.447 e. The van der Waals surface area contributed by atoms with E-state index in [2.05, 4.69) is 5.32 Å². The van der Waals surface area contributed by atoms with Crippen molar-refractivity contribution in [1.29, 1.82) is 0 Å². The quantitative estimate of drug-likeness (QED) is 0.765. The van der Waals surface area contributed by atoms with Crippen LogP contribution in [-0.4, -0.2) is 18.9 Å². The Kier molecular flexibility index (Phi) is 3.64. The molecule has 1 N–H and O–H groups in total. The summed E-state index contributed by atoms with van der Waals surface area (Å²) in [6.07, 6.45) is -0.822. The number of carbonyl (C=O) groups excluding carboxylic acids is 2. The molecule has 1 aromatic rings. The Morgan fingerprint density at radius 2 is 2.29 bits per heavy atom. The third-order valence-corrected chi connectivity index (χ3v) is 2.49. The van der Waals surface area contributed by atoms with Gasteiger partial charge in [-0.15, -0.1) is 11.3 Å². The first kappa shape index (κ1) is 10.7. The minimum absolute atomic E-state index is 0.317. The molecule has 0 aromatic carbocycles. The molecule has 1 atom stereocenters. The number of hydrogen-bond acceptors (Lipinski definition) is 4. The topological polar surface area (TPSA) is 55.4 Å². The zero-order valence-corrected chi connectivity index (χ0v) is 8.76. The number of esters is 1. The van der Waals surface area contributed by atoms with Crippen molar-refractivity contribution in [2.24, 2.45) is 0 Å². The van der Waals surface area contributed by atoms with Gasteiger partial charge in [0, 0.05) is 14.0 Å². The fourth-order valence-electron chi connectivity index (χ4n) is 0.978. The highest BCUT2D eigenvalue weighted by atomic mass is 32.1. The summed E-state index contributed by atoms with van der Waals surface area (Å²) in [6, 6.07) is 3.56. The van der Waals surface area contributed by atoms with Crippen LogP contribution in [0.15, 0.2) is 17.5 Å². The highest BCUT2D eigenvalue weighted by molar-refractivity contribution is 7.10. The maximum absolute atomic E-state index is 11.4. The molecule has 0 bridgehead atoms.